The zero-order chi connectivity index (χ0) is 17.9. The molecule has 4 nitrogen and oxygen atoms in total. The number of rotatable bonds is 5. The molecule has 0 atom stereocenters. The zero-order valence-corrected chi connectivity index (χ0v) is 14.7. The number of para-hydroxylation sites is 1. The number of nitrogens with zero attached hydrogens (tertiary/aromatic N) is 2. The fourth-order valence-corrected chi connectivity index (χ4v) is 3.97. The Bertz CT molecular complexity index is 1060. The van der Waals surface area contributed by atoms with Gasteiger partial charge in [-0.1, -0.05) is 48.5 Å². The maximum atomic E-state index is 10.9. The summed E-state index contributed by atoms with van der Waals surface area (Å²) < 4.78 is 2.09. The molecule has 0 N–H and O–H groups in total. The molecule has 0 aliphatic carbocycles. The number of hydrogen-bond acceptors (Lipinski definition) is 3. The highest BCUT2D eigenvalue weighted by Crippen LogP contribution is 2.34. The van der Waals surface area contributed by atoms with E-state index in [0.29, 0.717) is 0 Å². The molecule has 0 unspecified atom stereocenters. The maximum absolute atomic E-state index is 10.9. The molecule has 1 heterocycles. The first-order chi connectivity index (χ1) is 12.7. The first-order valence-corrected chi connectivity index (χ1v) is 9.22. The summed E-state index contributed by atoms with van der Waals surface area (Å²) in [6.07, 6.45) is 2.11. The van der Waals surface area contributed by atoms with Gasteiger partial charge < -0.3 is 4.57 Å². The van der Waals surface area contributed by atoms with Crippen molar-refractivity contribution < 1.29 is 4.92 Å². The summed E-state index contributed by atoms with van der Waals surface area (Å²) in [7, 11) is 0. The molecule has 128 valence electrons. The van der Waals surface area contributed by atoms with Gasteiger partial charge in [0.15, 0.2) is 0 Å². The molecule has 0 aliphatic rings. The predicted molar refractivity (Wildman–Crippen MR) is 106 cm³/mol. The molecule has 0 bridgehead atoms. The van der Waals surface area contributed by atoms with E-state index in [-0.39, 0.29) is 10.6 Å². The minimum Gasteiger partial charge on any atom is -0.315 e. The van der Waals surface area contributed by atoms with Gasteiger partial charge in [-0.05, 0) is 23.8 Å². The molecule has 4 aromatic rings. The van der Waals surface area contributed by atoms with Crippen molar-refractivity contribution in [1.82, 2.24) is 4.57 Å². The van der Waals surface area contributed by atoms with Crippen LogP contribution in [0.3, 0.4) is 0 Å². The third kappa shape index (κ3) is 3.21. The van der Waals surface area contributed by atoms with Gasteiger partial charge in [0, 0.05) is 40.1 Å². The van der Waals surface area contributed by atoms with E-state index >= 15 is 0 Å². The van der Waals surface area contributed by atoms with E-state index in [1.54, 1.807) is 36.0 Å². The lowest BCUT2D eigenvalue weighted by Gasteiger charge is -2.04. The first kappa shape index (κ1) is 16.4. The second-order valence-electron chi connectivity index (χ2n) is 5.93. The number of non-ortho nitro benzene ring substituents is 1. The largest absolute Gasteiger partial charge is 0.315 e. The van der Waals surface area contributed by atoms with Crippen molar-refractivity contribution in [2.24, 2.45) is 0 Å². The fourth-order valence-electron chi connectivity index (χ4n) is 2.95. The molecule has 0 saturated carbocycles. The van der Waals surface area contributed by atoms with Crippen molar-refractivity contribution in [3.63, 3.8) is 0 Å². The Balaban J connectivity index is 1.70. The van der Waals surface area contributed by atoms with Gasteiger partial charge in [-0.25, -0.2) is 0 Å². The number of aromatic nitrogens is 1. The number of hydrogen-bond donors (Lipinski definition) is 0. The Morgan fingerprint density at radius 1 is 0.885 bits per heavy atom. The van der Waals surface area contributed by atoms with Crippen LogP contribution in [0.2, 0.25) is 0 Å². The van der Waals surface area contributed by atoms with Crippen LogP contribution in [-0.4, -0.2) is 9.49 Å². The summed E-state index contributed by atoms with van der Waals surface area (Å²) in [6, 6.07) is 25.3. The zero-order valence-electron chi connectivity index (χ0n) is 13.9. The smallest absolute Gasteiger partial charge is 0.269 e. The highest BCUT2D eigenvalue weighted by Gasteiger charge is 2.11. The molecular weight excluding hydrogens is 344 g/mol. The molecule has 0 radical (unpaired) electrons. The lowest BCUT2D eigenvalue weighted by molar-refractivity contribution is -0.384. The number of nitro benzene ring substituents is 1. The van der Waals surface area contributed by atoms with Gasteiger partial charge in [-0.2, -0.15) is 0 Å². The second-order valence-corrected chi connectivity index (χ2v) is 6.95. The Labute approximate surface area is 155 Å². The van der Waals surface area contributed by atoms with Crippen molar-refractivity contribution in [2.45, 2.75) is 10.6 Å². The molecule has 5 heteroatoms. The Hall–Kier alpha value is -3.05. The van der Waals surface area contributed by atoms with E-state index in [4.69, 9.17) is 0 Å². The molecule has 4 rings (SSSR count). The molecule has 0 fully saturated rings. The van der Waals surface area contributed by atoms with Crippen LogP contribution in [0.1, 0.15) is 5.56 Å². The van der Waals surface area contributed by atoms with E-state index in [0.717, 1.165) is 17.0 Å². The van der Waals surface area contributed by atoms with Crippen LogP contribution in [0.4, 0.5) is 5.69 Å². The number of thioether (sulfide) groups is 1. The third-order valence-corrected chi connectivity index (χ3v) is 5.37. The van der Waals surface area contributed by atoms with Crippen molar-refractivity contribution >= 4 is 28.4 Å². The molecular formula is C21H16N2O2S. The third-order valence-electron chi connectivity index (χ3n) is 4.25. The van der Waals surface area contributed by atoms with Gasteiger partial charge >= 0.3 is 0 Å². The maximum Gasteiger partial charge on any atom is 0.269 e. The van der Waals surface area contributed by atoms with Crippen LogP contribution in [0.15, 0.2) is 90.0 Å². The van der Waals surface area contributed by atoms with Crippen molar-refractivity contribution in [3.05, 3.63) is 101 Å². The lowest BCUT2D eigenvalue weighted by atomic mass is 10.2. The van der Waals surface area contributed by atoms with E-state index < -0.39 is 0 Å². The summed E-state index contributed by atoms with van der Waals surface area (Å²) in [6.45, 7) is 0. The standard InChI is InChI=1S/C21H16N2O2S/c24-23(25)18-12-10-17(11-13-18)22-14-21(19-8-4-5-9-20(19)22)26-15-16-6-2-1-3-7-16/h1-14H,15H2. The van der Waals surface area contributed by atoms with Gasteiger partial charge in [-0.3, -0.25) is 10.1 Å². The van der Waals surface area contributed by atoms with Crippen LogP contribution < -0.4 is 0 Å². The second kappa shape index (κ2) is 7.06. The highest BCUT2D eigenvalue weighted by molar-refractivity contribution is 7.98. The van der Waals surface area contributed by atoms with Gasteiger partial charge in [0.05, 0.1) is 10.4 Å². The summed E-state index contributed by atoms with van der Waals surface area (Å²) in [5.74, 6) is 0.898. The van der Waals surface area contributed by atoms with Crippen LogP contribution in [0, 0.1) is 10.1 Å². The van der Waals surface area contributed by atoms with Crippen molar-refractivity contribution in [1.29, 1.82) is 0 Å². The molecule has 0 aliphatic heterocycles. The fraction of sp³-hybridized carbons (Fsp3) is 0.0476. The van der Waals surface area contributed by atoms with Crippen molar-refractivity contribution in [2.75, 3.05) is 0 Å². The van der Waals surface area contributed by atoms with E-state index in [9.17, 15) is 10.1 Å². The monoisotopic (exact) mass is 360 g/mol. The van der Waals surface area contributed by atoms with Crippen LogP contribution in [-0.2, 0) is 5.75 Å². The molecule has 0 spiro atoms. The average molecular weight is 360 g/mol. The normalized spacial score (nSPS) is 10.9. The molecule has 0 saturated heterocycles. The molecule has 0 amide bonds. The van der Waals surface area contributed by atoms with Crippen LogP contribution in [0.25, 0.3) is 16.6 Å². The number of benzene rings is 3. The topological polar surface area (TPSA) is 48.1 Å². The van der Waals surface area contributed by atoms with Crippen molar-refractivity contribution in [3.8, 4) is 5.69 Å². The first-order valence-electron chi connectivity index (χ1n) is 8.24. The Morgan fingerprint density at radius 2 is 1.58 bits per heavy atom. The highest BCUT2D eigenvalue weighted by atomic mass is 32.2. The Morgan fingerprint density at radius 3 is 2.31 bits per heavy atom. The number of fused-ring (bicyclic) bond motifs is 1. The molecule has 1 aromatic heterocycles. The average Bonchev–Trinajstić information content (AvgIpc) is 3.06. The summed E-state index contributed by atoms with van der Waals surface area (Å²) in [4.78, 5) is 11.7. The quantitative estimate of drug-likeness (QED) is 0.255. The summed E-state index contributed by atoms with van der Waals surface area (Å²) in [5.41, 5.74) is 3.39. The van der Waals surface area contributed by atoms with Crippen LogP contribution >= 0.6 is 11.8 Å². The van der Waals surface area contributed by atoms with Crippen LogP contribution in [0.5, 0.6) is 0 Å². The SMILES string of the molecule is O=[N+]([O-])c1ccc(-n2cc(SCc3ccccc3)c3ccccc32)cc1. The lowest BCUT2D eigenvalue weighted by Crippen LogP contribution is -1.93. The van der Waals surface area contributed by atoms with Gasteiger partial charge in [0.2, 0.25) is 0 Å². The molecule has 26 heavy (non-hydrogen) atoms. The van der Waals surface area contributed by atoms with E-state index in [1.165, 1.54) is 15.8 Å². The van der Waals surface area contributed by atoms with E-state index in [1.807, 2.05) is 18.2 Å². The minimum absolute atomic E-state index is 0.101. The molecule has 3 aromatic carbocycles. The predicted octanol–water partition coefficient (Wildman–Crippen LogP) is 5.83. The van der Waals surface area contributed by atoms with E-state index in [2.05, 4.69) is 47.2 Å². The van der Waals surface area contributed by atoms with Gasteiger partial charge in [0.25, 0.3) is 5.69 Å². The summed E-state index contributed by atoms with van der Waals surface area (Å²) >= 11 is 1.80. The van der Waals surface area contributed by atoms with Gasteiger partial charge in [0.1, 0.15) is 0 Å². The Kier molecular flexibility index (Phi) is 4.46. The van der Waals surface area contributed by atoms with Gasteiger partial charge in [-0.15, -0.1) is 11.8 Å². The minimum atomic E-state index is -0.376. The number of nitro groups is 1. The summed E-state index contributed by atoms with van der Waals surface area (Å²) in [5, 5.41) is 12.1.